The summed E-state index contributed by atoms with van der Waals surface area (Å²) in [5.74, 6) is 0. The molecule has 5 nitrogen and oxygen atoms in total. The summed E-state index contributed by atoms with van der Waals surface area (Å²) < 4.78 is 31.3. The van der Waals surface area contributed by atoms with Crippen LogP contribution in [0.25, 0.3) is 6.08 Å². The molecule has 2 heterocycles. The molecule has 22 heavy (non-hydrogen) atoms. The predicted molar refractivity (Wildman–Crippen MR) is 87.2 cm³/mol. The minimum Gasteiger partial charge on any atom is -0.379 e. The van der Waals surface area contributed by atoms with E-state index in [9.17, 15) is 8.42 Å². The highest BCUT2D eigenvalue weighted by atomic mass is 35.5. The van der Waals surface area contributed by atoms with Crippen molar-refractivity contribution in [1.82, 2.24) is 9.21 Å². The molecule has 7 heteroatoms. The predicted octanol–water partition coefficient (Wildman–Crippen LogP) is 1.66. The van der Waals surface area contributed by atoms with Gasteiger partial charge in [-0.1, -0.05) is 23.7 Å². The Bertz CT molecular complexity index is 633. The molecule has 0 amide bonds. The van der Waals surface area contributed by atoms with Crippen molar-refractivity contribution in [3.8, 4) is 0 Å². The van der Waals surface area contributed by atoms with E-state index in [-0.39, 0.29) is 0 Å². The molecule has 1 aromatic carbocycles. The monoisotopic (exact) mass is 342 g/mol. The zero-order valence-corrected chi connectivity index (χ0v) is 13.8. The number of halogens is 1. The lowest BCUT2D eigenvalue weighted by Crippen LogP contribution is -2.62. The number of ether oxygens (including phenoxy) is 1. The van der Waals surface area contributed by atoms with Crippen molar-refractivity contribution in [2.24, 2.45) is 0 Å². The van der Waals surface area contributed by atoms with E-state index in [1.807, 2.05) is 0 Å². The van der Waals surface area contributed by atoms with Crippen LogP contribution in [0.4, 0.5) is 0 Å². The van der Waals surface area contributed by atoms with E-state index in [1.54, 1.807) is 30.3 Å². The zero-order valence-electron chi connectivity index (χ0n) is 12.2. The Kier molecular flexibility index (Phi) is 4.84. The van der Waals surface area contributed by atoms with Gasteiger partial charge in [0.25, 0.3) is 0 Å². The third-order valence-corrected chi connectivity index (χ3v) is 5.80. The molecule has 0 atom stereocenters. The maximum absolute atomic E-state index is 12.3. The van der Waals surface area contributed by atoms with Gasteiger partial charge in [0.1, 0.15) is 0 Å². The summed E-state index contributed by atoms with van der Waals surface area (Å²) in [5, 5.41) is 1.90. The van der Waals surface area contributed by atoms with E-state index in [0.717, 1.165) is 31.9 Å². The molecule has 0 aromatic heterocycles. The van der Waals surface area contributed by atoms with Crippen LogP contribution in [0.15, 0.2) is 29.7 Å². The first-order chi connectivity index (χ1) is 10.5. The molecular weight excluding hydrogens is 324 g/mol. The van der Waals surface area contributed by atoms with Crippen molar-refractivity contribution >= 4 is 27.7 Å². The average molecular weight is 343 g/mol. The van der Waals surface area contributed by atoms with Crippen molar-refractivity contribution in [2.45, 2.75) is 6.04 Å². The molecule has 0 saturated carbocycles. The molecule has 0 N–H and O–H groups in total. The van der Waals surface area contributed by atoms with Crippen molar-refractivity contribution in [3.05, 3.63) is 40.3 Å². The van der Waals surface area contributed by atoms with E-state index in [2.05, 4.69) is 4.90 Å². The largest absolute Gasteiger partial charge is 0.379 e. The third kappa shape index (κ3) is 3.70. The molecule has 2 fully saturated rings. The maximum Gasteiger partial charge on any atom is 0.236 e. The molecule has 1 aromatic rings. The lowest BCUT2D eigenvalue weighted by Gasteiger charge is -2.45. The minimum atomic E-state index is -3.34. The van der Waals surface area contributed by atoms with Crippen LogP contribution in [0, 0.1) is 0 Å². The Labute approximate surface area is 136 Å². The second-order valence-electron chi connectivity index (χ2n) is 5.52. The summed E-state index contributed by atoms with van der Waals surface area (Å²) in [4.78, 5) is 2.30. The van der Waals surface area contributed by atoms with E-state index in [1.165, 1.54) is 9.71 Å². The Balaban J connectivity index is 1.56. The summed E-state index contributed by atoms with van der Waals surface area (Å²) in [5.41, 5.74) is 0.818. The van der Waals surface area contributed by atoms with Crippen molar-refractivity contribution in [3.63, 3.8) is 0 Å². The Hall–Kier alpha value is -0.920. The van der Waals surface area contributed by atoms with Gasteiger partial charge in [-0.3, -0.25) is 4.90 Å². The summed E-state index contributed by atoms with van der Waals surface area (Å²) in [7, 11) is -3.34. The normalized spacial score (nSPS) is 22.0. The molecule has 2 saturated heterocycles. The second kappa shape index (κ2) is 6.68. The first-order valence-electron chi connectivity index (χ1n) is 7.30. The Morgan fingerprint density at radius 2 is 1.77 bits per heavy atom. The summed E-state index contributed by atoms with van der Waals surface area (Å²) in [6.45, 7) is 4.37. The molecule has 0 aliphatic carbocycles. The van der Waals surface area contributed by atoms with Gasteiger partial charge in [0, 0.05) is 42.7 Å². The standard InChI is InChI=1S/C15H19ClN2O3S/c16-14-3-1-13(2-4-14)5-10-22(19,20)18-11-15(12-18)17-6-8-21-9-7-17/h1-5,10,15H,6-9,11-12H2/b10-5+. The number of sulfonamides is 1. The van der Waals surface area contributed by atoms with E-state index >= 15 is 0 Å². The molecule has 2 aliphatic heterocycles. The van der Waals surface area contributed by atoms with Crippen LogP contribution in [0.5, 0.6) is 0 Å². The van der Waals surface area contributed by atoms with Gasteiger partial charge < -0.3 is 4.74 Å². The third-order valence-electron chi connectivity index (χ3n) is 4.05. The summed E-state index contributed by atoms with van der Waals surface area (Å²) >= 11 is 5.81. The lowest BCUT2D eigenvalue weighted by molar-refractivity contribution is -0.0114. The molecule has 3 rings (SSSR count). The zero-order chi connectivity index (χ0) is 15.6. The van der Waals surface area contributed by atoms with Gasteiger partial charge in [0.2, 0.25) is 10.0 Å². The smallest absolute Gasteiger partial charge is 0.236 e. The first kappa shape index (κ1) is 16.0. The highest BCUT2D eigenvalue weighted by Gasteiger charge is 2.38. The molecule has 0 spiro atoms. The van der Waals surface area contributed by atoms with Crippen LogP contribution >= 0.6 is 11.6 Å². The molecule has 2 aliphatic rings. The summed E-state index contributed by atoms with van der Waals surface area (Å²) in [6.07, 6.45) is 1.60. The van der Waals surface area contributed by atoms with Crippen LogP contribution in [-0.2, 0) is 14.8 Å². The van der Waals surface area contributed by atoms with Crippen molar-refractivity contribution in [2.75, 3.05) is 39.4 Å². The molecular formula is C15H19ClN2O3S. The fraction of sp³-hybridized carbons (Fsp3) is 0.467. The van der Waals surface area contributed by atoms with Gasteiger partial charge >= 0.3 is 0 Å². The molecule has 0 unspecified atom stereocenters. The van der Waals surface area contributed by atoms with Crippen LogP contribution in [-0.4, -0.2) is 63.1 Å². The van der Waals surface area contributed by atoms with Gasteiger partial charge in [0.15, 0.2) is 0 Å². The Morgan fingerprint density at radius 1 is 1.14 bits per heavy atom. The maximum atomic E-state index is 12.3. The van der Waals surface area contributed by atoms with Crippen LogP contribution in [0.3, 0.4) is 0 Å². The van der Waals surface area contributed by atoms with Crippen LogP contribution < -0.4 is 0 Å². The second-order valence-corrected chi connectivity index (χ2v) is 7.77. The topological polar surface area (TPSA) is 49.9 Å². The SMILES string of the molecule is O=S(=O)(/C=C/c1ccc(Cl)cc1)N1CC(N2CCOCC2)C1. The van der Waals surface area contributed by atoms with Crippen LogP contribution in [0.1, 0.15) is 5.56 Å². The van der Waals surface area contributed by atoms with E-state index in [0.29, 0.717) is 24.2 Å². The van der Waals surface area contributed by atoms with Gasteiger partial charge in [-0.25, -0.2) is 8.42 Å². The first-order valence-corrected chi connectivity index (χ1v) is 9.18. The molecule has 0 bridgehead atoms. The van der Waals surface area contributed by atoms with Gasteiger partial charge in [-0.2, -0.15) is 4.31 Å². The minimum absolute atomic E-state index is 0.322. The fourth-order valence-electron chi connectivity index (χ4n) is 2.62. The number of nitrogens with zero attached hydrogens (tertiary/aromatic N) is 2. The highest BCUT2D eigenvalue weighted by molar-refractivity contribution is 7.92. The van der Waals surface area contributed by atoms with Crippen molar-refractivity contribution < 1.29 is 13.2 Å². The number of benzene rings is 1. The number of morpholine rings is 1. The number of rotatable bonds is 4. The molecule has 0 radical (unpaired) electrons. The number of hydrogen-bond donors (Lipinski definition) is 0. The van der Waals surface area contributed by atoms with E-state index < -0.39 is 10.0 Å². The van der Waals surface area contributed by atoms with Gasteiger partial charge in [-0.05, 0) is 23.8 Å². The van der Waals surface area contributed by atoms with Crippen LogP contribution in [0.2, 0.25) is 5.02 Å². The van der Waals surface area contributed by atoms with Gasteiger partial charge in [0.05, 0.1) is 13.2 Å². The highest BCUT2D eigenvalue weighted by Crippen LogP contribution is 2.21. The van der Waals surface area contributed by atoms with E-state index in [4.69, 9.17) is 16.3 Å². The van der Waals surface area contributed by atoms with Crippen molar-refractivity contribution in [1.29, 1.82) is 0 Å². The molecule has 120 valence electrons. The number of hydrogen-bond acceptors (Lipinski definition) is 4. The summed E-state index contributed by atoms with van der Waals surface area (Å²) in [6, 6.07) is 7.39. The fourth-order valence-corrected chi connectivity index (χ4v) is 4.01. The average Bonchev–Trinajstić information content (AvgIpc) is 2.46. The van der Waals surface area contributed by atoms with Gasteiger partial charge in [-0.15, -0.1) is 0 Å². The quantitative estimate of drug-likeness (QED) is 0.835. The lowest BCUT2D eigenvalue weighted by atomic mass is 10.1. The Morgan fingerprint density at radius 3 is 2.41 bits per heavy atom.